The van der Waals surface area contributed by atoms with Gasteiger partial charge in [0.05, 0.1) is 15.9 Å². The van der Waals surface area contributed by atoms with Gasteiger partial charge < -0.3 is 9.32 Å². The lowest BCUT2D eigenvalue weighted by Crippen LogP contribution is -2.10. The molecule has 2 heterocycles. The number of hydrogen-bond donors (Lipinski definition) is 0. The number of aromatic nitrogens is 1. The summed E-state index contributed by atoms with van der Waals surface area (Å²) < 4.78 is 7.67. The van der Waals surface area contributed by atoms with Crippen LogP contribution in [0.1, 0.15) is 0 Å². The molecule has 12 aromatic rings. The fourth-order valence-electron chi connectivity index (χ4n) is 9.06. The van der Waals surface area contributed by atoms with Crippen molar-refractivity contribution < 1.29 is 4.42 Å². The molecule has 0 radical (unpaired) electrons. The highest BCUT2D eigenvalue weighted by atomic mass is 32.1. The molecule has 0 N–H and O–H groups in total. The monoisotopic (exact) mass is 796 g/mol. The minimum Gasteiger partial charge on any atom is -0.456 e. The minimum atomic E-state index is 0.843. The van der Waals surface area contributed by atoms with Crippen LogP contribution >= 0.6 is 11.3 Å². The first-order valence-electron chi connectivity index (χ1n) is 20.6. The van der Waals surface area contributed by atoms with Crippen LogP contribution in [0.3, 0.4) is 0 Å². The first-order valence-corrected chi connectivity index (χ1v) is 21.4. The highest BCUT2D eigenvalue weighted by Gasteiger charge is 2.22. The van der Waals surface area contributed by atoms with Gasteiger partial charge in [-0.3, -0.25) is 0 Å². The van der Waals surface area contributed by atoms with Crippen molar-refractivity contribution in [3.8, 4) is 44.0 Å². The van der Waals surface area contributed by atoms with Crippen molar-refractivity contribution in [1.82, 2.24) is 4.98 Å². The fourth-order valence-corrected chi connectivity index (χ4v) is 10.2. The Hall–Kier alpha value is -7.79. The van der Waals surface area contributed by atoms with Crippen LogP contribution in [0.4, 0.5) is 17.1 Å². The van der Waals surface area contributed by atoms with Gasteiger partial charge in [0.2, 0.25) is 0 Å². The van der Waals surface area contributed by atoms with Crippen LogP contribution in [0.15, 0.2) is 223 Å². The number of benzene rings is 10. The molecule has 0 aliphatic carbocycles. The van der Waals surface area contributed by atoms with Gasteiger partial charge in [-0.05, 0) is 80.4 Å². The van der Waals surface area contributed by atoms with E-state index in [1.807, 2.05) is 12.1 Å². The van der Waals surface area contributed by atoms with Gasteiger partial charge in [-0.2, -0.15) is 0 Å². The highest BCUT2D eigenvalue weighted by Crippen LogP contribution is 2.47. The van der Waals surface area contributed by atoms with Gasteiger partial charge in [0.1, 0.15) is 16.2 Å². The molecule has 61 heavy (non-hydrogen) atoms. The van der Waals surface area contributed by atoms with E-state index in [-0.39, 0.29) is 0 Å². The number of anilines is 3. The average molecular weight is 797 g/mol. The molecule has 0 aliphatic rings. The van der Waals surface area contributed by atoms with Crippen LogP contribution in [0.2, 0.25) is 0 Å². The summed E-state index contributed by atoms with van der Waals surface area (Å²) in [5.41, 5.74) is 14.1. The van der Waals surface area contributed by atoms with E-state index in [4.69, 9.17) is 9.40 Å². The lowest BCUT2D eigenvalue weighted by molar-refractivity contribution is 0.669. The average Bonchev–Trinajstić information content (AvgIpc) is 3.93. The van der Waals surface area contributed by atoms with Crippen molar-refractivity contribution >= 4 is 82.1 Å². The molecule has 0 saturated carbocycles. The van der Waals surface area contributed by atoms with Gasteiger partial charge in [-0.25, -0.2) is 4.98 Å². The number of para-hydroxylation sites is 1. The van der Waals surface area contributed by atoms with E-state index in [2.05, 4.69) is 211 Å². The van der Waals surface area contributed by atoms with Crippen LogP contribution in [-0.2, 0) is 0 Å². The minimum absolute atomic E-state index is 0.843. The largest absolute Gasteiger partial charge is 0.456 e. The quantitative estimate of drug-likeness (QED) is 0.161. The number of furan rings is 1. The Balaban J connectivity index is 1.05. The number of nitrogens with zero attached hydrogens (tertiary/aromatic N) is 2. The van der Waals surface area contributed by atoms with Gasteiger partial charge in [-0.1, -0.05) is 176 Å². The molecule has 3 nitrogen and oxygen atoms in total. The Morgan fingerprint density at radius 3 is 1.74 bits per heavy atom. The summed E-state index contributed by atoms with van der Waals surface area (Å²) in [7, 11) is 0. The van der Waals surface area contributed by atoms with Gasteiger partial charge in [-0.15, -0.1) is 11.3 Å². The maximum absolute atomic E-state index is 6.52. The molecule has 0 saturated heterocycles. The summed E-state index contributed by atoms with van der Waals surface area (Å²) in [5, 5.41) is 8.08. The Kier molecular flexibility index (Phi) is 8.36. The predicted molar refractivity (Wildman–Crippen MR) is 258 cm³/mol. The van der Waals surface area contributed by atoms with Gasteiger partial charge in [0, 0.05) is 44.7 Å². The third kappa shape index (κ3) is 5.99. The van der Waals surface area contributed by atoms with E-state index in [0.29, 0.717) is 0 Å². The van der Waals surface area contributed by atoms with E-state index < -0.39 is 0 Å². The molecule has 286 valence electrons. The summed E-state index contributed by atoms with van der Waals surface area (Å²) in [6.45, 7) is 0. The van der Waals surface area contributed by atoms with Gasteiger partial charge in [0.15, 0.2) is 0 Å². The molecule has 0 amide bonds. The van der Waals surface area contributed by atoms with Crippen LogP contribution in [0, 0.1) is 0 Å². The molecular formula is C57H36N2OS. The maximum Gasteiger partial charge on any atom is 0.138 e. The normalized spacial score (nSPS) is 11.6. The van der Waals surface area contributed by atoms with Crippen molar-refractivity contribution in [3.63, 3.8) is 0 Å². The third-order valence-electron chi connectivity index (χ3n) is 11.9. The lowest BCUT2D eigenvalue weighted by atomic mass is 9.93. The van der Waals surface area contributed by atoms with Gasteiger partial charge >= 0.3 is 0 Å². The molecule has 0 fully saturated rings. The van der Waals surface area contributed by atoms with Gasteiger partial charge in [0.25, 0.3) is 0 Å². The predicted octanol–water partition coefficient (Wildman–Crippen LogP) is 16.6. The molecule has 4 heteroatoms. The molecule has 0 bridgehead atoms. The highest BCUT2D eigenvalue weighted by molar-refractivity contribution is 7.22. The summed E-state index contributed by atoms with van der Waals surface area (Å²) in [6, 6.07) is 78.2. The summed E-state index contributed by atoms with van der Waals surface area (Å²) in [4.78, 5) is 7.57. The number of fused-ring (bicyclic) bond motifs is 6. The van der Waals surface area contributed by atoms with Crippen LogP contribution in [0.5, 0.6) is 0 Å². The number of hydrogen-bond acceptors (Lipinski definition) is 4. The Labute approximate surface area is 357 Å². The maximum atomic E-state index is 6.52. The summed E-state index contributed by atoms with van der Waals surface area (Å²) in [6.07, 6.45) is 0. The standard InChI is InChI=1S/C57H36N2OS/c1-3-14-37(15-4-1)38-26-30-42(31-27-38)59(51-35-34-47(46-21-9-10-22-48(46)51)45-24-13-19-39-16-7-8-20-44(39)45)43-32-28-40(29-33-43)54-55-49-23-11-12-25-52(49)60-53(55)36-50-56(54)61-57(58-50)41-17-5-2-6-18-41/h1-36H. The lowest BCUT2D eigenvalue weighted by Gasteiger charge is -2.28. The topological polar surface area (TPSA) is 29.3 Å². The fraction of sp³-hybridized carbons (Fsp3) is 0. The zero-order valence-corrected chi connectivity index (χ0v) is 33.8. The molecular weight excluding hydrogens is 761 g/mol. The molecule has 10 aromatic carbocycles. The number of thiazole rings is 1. The van der Waals surface area contributed by atoms with E-state index in [9.17, 15) is 0 Å². The van der Waals surface area contributed by atoms with E-state index in [0.717, 1.165) is 70.9 Å². The SMILES string of the molecule is c1ccc(-c2ccc(N(c3ccc(-c4c5sc(-c6ccccc6)nc5cc5oc6ccccc6c45)cc3)c3ccc(-c4cccc5ccccc45)c4ccccc34)cc2)cc1. The Morgan fingerprint density at radius 2 is 0.984 bits per heavy atom. The zero-order chi connectivity index (χ0) is 40.3. The van der Waals surface area contributed by atoms with Crippen LogP contribution < -0.4 is 4.90 Å². The second kappa shape index (κ2) is 14.5. The molecule has 2 aromatic heterocycles. The second-order valence-corrected chi connectivity index (χ2v) is 16.5. The molecule has 12 rings (SSSR count). The second-order valence-electron chi connectivity index (χ2n) is 15.5. The Bertz CT molecular complexity index is 3570. The zero-order valence-electron chi connectivity index (χ0n) is 33.0. The van der Waals surface area contributed by atoms with Crippen LogP contribution in [-0.4, -0.2) is 4.98 Å². The summed E-state index contributed by atoms with van der Waals surface area (Å²) in [5.74, 6) is 0. The molecule has 0 atom stereocenters. The smallest absolute Gasteiger partial charge is 0.138 e. The van der Waals surface area contributed by atoms with Crippen molar-refractivity contribution in [2.24, 2.45) is 0 Å². The third-order valence-corrected chi connectivity index (χ3v) is 13.0. The molecule has 0 aliphatic heterocycles. The van der Waals surface area contributed by atoms with Crippen molar-refractivity contribution in [1.29, 1.82) is 0 Å². The van der Waals surface area contributed by atoms with E-state index in [1.54, 1.807) is 11.3 Å². The van der Waals surface area contributed by atoms with Crippen molar-refractivity contribution in [2.75, 3.05) is 4.90 Å². The van der Waals surface area contributed by atoms with E-state index in [1.165, 1.54) is 43.8 Å². The first kappa shape index (κ1) is 35.2. The number of rotatable bonds is 7. The van der Waals surface area contributed by atoms with Crippen molar-refractivity contribution in [3.05, 3.63) is 218 Å². The van der Waals surface area contributed by atoms with Crippen LogP contribution in [0.25, 0.3) is 97.7 Å². The van der Waals surface area contributed by atoms with Crippen molar-refractivity contribution in [2.45, 2.75) is 0 Å². The van der Waals surface area contributed by atoms with E-state index >= 15 is 0 Å². The first-order chi connectivity index (χ1) is 30.2. The molecule has 0 spiro atoms. The molecule has 0 unspecified atom stereocenters. The Morgan fingerprint density at radius 1 is 0.410 bits per heavy atom. The summed E-state index contributed by atoms with van der Waals surface area (Å²) >= 11 is 1.74.